The molecule has 4 rings (SSSR count). The summed E-state index contributed by atoms with van der Waals surface area (Å²) in [6, 6.07) is 8.81. The molecule has 0 aliphatic carbocycles. The Hall–Kier alpha value is -3.61. The van der Waals surface area contributed by atoms with Crippen LogP contribution in [0.3, 0.4) is 0 Å². The van der Waals surface area contributed by atoms with Crippen molar-refractivity contribution in [2.24, 2.45) is 0 Å². The predicted molar refractivity (Wildman–Crippen MR) is 106 cm³/mol. The minimum atomic E-state index is -0.489. The van der Waals surface area contributed by atoms with Crippen LogP contribution in [0.4, 0.5) is 0 Å². The van der Waals surface area contributed by atoms with Crippen LogP contribution in [0, 0.1) is 0 Å². The van der Waals surface area contributed by atoms with Gasteiger partial charge in [0.2, 0.25) is 0 Å². The first-order valence-electron chi connectivity index (χ1n) is 8.87. The van der Waals surface area contributed by atoms with Gasteiger partial charge in [-0.3, -0.25) is 0 Å². The third kappa shape index (κ3) is 2.77. The van der Waals surface area contributed by atoms with E-state index in [4.69, 9.17) is 23.7 Å². The molecule has 0 bridgehead atoms. The van der Waals surface area contributed by atoms with Crippen LogP contribution in [-0.2, 0) is 11.3 Å². The summed E-state index contributed by atoms with van der Waals surface area (Å²) in [5, 5.41) is 12.0. The van der Waals surface area contributed by atoms with Gasteiger partial charge in [0.15, 0.2) is 23.0 Å². The molecule has 1 heterocycles. The van der Waals surface area contributed by atoms with Gasteiger partial charge in [-0.25, -0.2) is 4.79 Å². The zero-order chi connectivity index (χ0) is 20.7. The van der Waals surface area contributed by atoms with Gasteiger partial charge < -0.3 is 28.8 Å². The highest BCUT2D eigenvalue weighted by molar-refractivity contribution is 6.13. The van der Waals surface area contributed by atoms with Crippen LogP contribution < -0.4 is 18.9 Å². The number of carbonyl (C=O) groups is 1. The standard InChI is InChI=1S/C22H20O7/c1-25-15-6-5-11(7-16(15)26-2)19-12-8-17(27-3)18(28-4)9-13(12)21(23)14-10-29-22(24)20(14)19/h5-9,23H,10H2,1-4H3. The van der Waals surface area contributed by atoms with E-state index in [0.29, 0.717) is 50.5 Å². The van der Waals surface area contributed by atoms with Crippen molar-refractivity contribution in [1.82, 2.24) is 0 Å². The van der Waals surface area contributed by atoms with E-state index in [2.05, 4.69) is 0 Å². The number of rotatable bonds is 5. The number of phenols is 1. The van der Waals surface area contributed by atoms with Gasteiger partial charge in [-0.2, -0.15) is 0 Å². The summed E-state index contributed by atoms with van der Waals surface area (Å²) >= 11 is 0. The Kier molecular flexibility index (Phi) is 4.58. The topological polar surface area (TPSA) is 83.5 Å². The molecule has 7 nitrogen and oxygen atoms in total. The monoisotopic (exact) mass is 396 g/mol. The number of benzene rings is 3. The van der Waals surface area contributed by atoms with Crippen molar-refractivity contribution in [1.29, 1.82) is 0 Å². The molecule has 0 amide bonds. The number of methoxy groups -OCH3 is 4. The van der Waals surface area contributed by atoms with Gasteiger partial charge in [-0.15, -0.1) is 0 Å². The molecule has 150 valence electrons. The van der Waals surface area contributed by atoms with Gasteiger partial charge in [0, 0.05) is 16.5 Å². The number of carbonyl (C=O) groups excluding carboxylic acids is 1. The van der Waals surface area contributed by atoms with E-state index >= 15 is 0 Å². The molecule has 29 heavy (non-hydrogen) atoms. The predicted octanol–water partition coefficient (Wildman–Crippen LogP) is 3.92. The second-order valence-corrected chi connectivity index (χ2v) is 6.48. The average molecular weight is 396 g/mol. The molecule has 0 unspecified atom stereocenters. The molecule has 1 N–H and O–H groups in total. The molecule has 0 atom stereocenters. The molecule has 1 aliphatic rings. The fourth-order valence-corrected chi connectivity index (χ4v) is 3.72. The Bertz CT molecular complexity index is 1130. The minimum absolute atomic E-state index is 0.00454. The molecule has 0 spiro atoms. The lowest BCUT2D eigenvalue weighted by molar-refractivity contribution is 0.0535. The molecule has 0 radical (unpaired) electrons. The summed E-state index contributed by atoms with van der Waals surface area (Å²) in [5.74, 6) is 1.54. The fourth-order valence-electron chi connectivity index (χ4n) is 3.72. The van der Waals surface area contributed by atoms with Crippen LogP contribution in [0.25, 0.3) is 21.9 Å². The molecule has 0 aromatic heterocycles. The van der Waals surface area contributed by atoms with Crippen LogP contribution in [0.5, 0.6) is 28.7 Å². The quantitative estimate of drug-likeness (QED) is 0.655. The molecule has 3 aromatic carbocycles. The Morgan fingerprint density at radius 1 is 0.793 bits per heavy atom. The first-order chi connectivity index (χ1) is 14.0. The normalized spacial score (nSPS) is 12.5. The third-order valence-electron chi connectivity index (χ3n) is 5.11. The Labute approximate surface area is 167 Å². The summed E-state index contributed by atoms with van der Waals surface area (Å²) in [6.07, 6.45) is 0. The first kappa shape index (κ1) is 18.7. The van der Waals surface area contributed by atoms with Gasteiger partial charge >= 0.3 is 5.97 Å². The van der Waals surface area contributed by atoms with Crippen molar-refractivity contribution in [3.05, 3.63) is 41.5 Å². The number of aromatic hydroxyl groups is 1. The van der Waals surface area contributed by atoms with Crippen molar-refractivity contribution < 1.29 is 33.6 Å². The van der Waals surface area contributed by atoms with Gasteiger partial charge in [0.25, 0.3) is 0 Å². The summed E-state index contributed by atoms with van der Waals surface area (Å²) < 4.78 is 26.8. The van der Waals surface area contributed by atoms with E-state index in [1.165, 1.54) is 14.2 Å². The van der Waals surface area contributed by atoms with Crippen LogP contribution in [0.1, 0.15) is 15.9 Å². The maximum atomic E-state index is 12.6. The molecular weight excluding hydrogens is 376 g/mol. The summed E-state index contributed by atoms with van der Waals surface area (Å²) in [6.45, 7) is 0.00454. The van der Waals surface area contributed by atoms with Crippen LogP contribution in [0.2, 0.25) is 0 Å². The Balaban J connectivity index is 2.13. The maximum Gasteiger partial charge on any atom is 0.339 e. The summed E-state index contributed by atoms with van der Waals surface area (Å²) in [5.41, 5.74) is 2.11. The third-order valence-corrected chi connectivity index (χ3v) is 5.11. The van der Waals surface area contributed by atoms with E-state index in [-0.39, 0.29) is 12.4 Å². The Morgan fingerprint density at radius 2 is 1.38 bits per heavy atom. The van der Waals surface area contributed by atoms with Crippen molar-refractivity contribution in [2.45, 2.75) is 6.61 Å². The number of ether oxygens (including phenoxy) is 5. The van der Waals surface area contributed by atoms with Crippen LogP contribution in [0.15, 0.2) is 30.3 Å². The van der Waals surface area contributed by atoms with Gasteiger partial charge in [0.05, 0.1) is 34.0 Å². The zero-order valence-corrected chi connectivity index (χ0v) is 16.5. The van der Waals surface area contributed by atoms with Gasteiger partial charge in [-0.1, -0.05) is 6.07 Å². The lowest BCUT2D eigenvalue weighted by Gasteiger charge is -2.17. The number of hydrogen-bond donors (Lipinski definition) is 1. The molecule has 0 fully saturated rings. The largest absolute Gasteiger partial charge is 0.507 e. The Morgan fingerprint density at radius 3 is 2.00 bits per heavy atom. The SMILES string of the molecule is COc1ccc(-c2c3c(c(O)c4cc(OC)c(OC)cc24)COC3=O)cc1OC. The highest BCUT2D eigenvalue weighted by Crippen LogP contribution is 2.48. The lowest BCUT2D eigenvalue weighted by Crippen LogP contribution is -2.01. The smallest absolute Gasteiger partial charge is 0.339 e. The number of phenolic OH excluding ortho intramolecular Hbond substituents is 1. The van der Waals surface area contributed by atoms with Crippen molar-refractivity contribution >= 4 is 16.7 Å². The minimum Gasteiger partial charge on any atom is -0.507 e. The number of esters is 1. The summed E-state index contributed by atoms with van der Waals surface area (Å²) in [7, 11) is 6.15. The van der Waals surface area contributed by atoms with E-state index in [0.717, 1.165) is 5.56 Å². The average Bonchev–Trinajstić information content (AvgIpc) is 3.14. The molecule has 1 aliphatic heterocycles. The maximum absolute atomic E-state index is 12.6. The number of fused-ring (bicyclic) bond motifs is 2. The summed E-state index contributed by atoms with van der Waals surface area (Å²) in [4.78, 5) is 12.6. The van der Waals surface area contributed by atoms with E-state index < -0.39 is 5.97 Å². The van der Waals surface area contributed by atoms with Crippen LogP contribution >= 0.6 is 0 Å². The second-order valence-electron chi connectivity index (χ2n) is 6.48. The number of cyclic esters (lactones) is 1. The van der Waals surface area contributed by atoms with E-state index in [1.807, 2.05) is 6.07 Å². The highest BCUT2D eigenvalue weighted by Gasteiger charge is 2.32. The molecule has 7 heteroatoms. The van der Waals surface area contributed by atoms with E-state index in [9.17, 15) is 9.90 Å². The van der Waals surface area contributed by atoms with Gasteiger partial charge in [-0.05, 0) is 35.2 Å². The lowest BCUT2D eigenvalue weighted by atomic mass is 9.89. The first-order valence-corrected chi connectivity index (χ1v) is 8.87. The molecule has 3 aromatic rings. The zero-order valence-electron chi connectivity index (χ0n) is 16.5. The van der Waals surface area contributed by atoms with Crippen molar-refractivity contribution in [2.75, 3.05) is 28.4 Å². The molecule has 0 saturated carbocycles. The second kappa shape index (κ2) is 7.09. The fraction of sp³-hybridized carbons (Fsp3) is 0.227. The highest BCUT2D eigenvalue weighted by atomic mass is 16.5. The van der Waals surface area contributed by atoms with E-state index in [1.54, 1.807) is 38.5 Å². The van der Waals surface area contributed by atoms with Crippen molar-refractivity contribution in [3.63, 3.8) is 0 Å². The van der Waals surface area contributed by atoms with Gasteiger partial charge in [0.1, 0.15) is 12.4 Å². The number of hydrogen-bond acceptors (Lipinski definition) is 7. The van der Waals surface area contributed by atoms with Crippen molar-refractivity contribution in [3.8, 4) is 39.9 Å². The molecular formula is C22H20O7. The molecule has 0 saturated heterocycles. The van der Waals surface area contributed by atoms with Crippen LogP contribution in [-0.4, -0.2) is 39.5 Å².